The molecular weight excluding hydrogens is 469 g/mol. The average Bonchev–Trinajstić information content (AvgIpc) is 2.74. The first-order chi connectivity index (χ1) is 15.1. The first-order valence-corrected chi connectivity index (χ1v) is 12.2. The molecule has 0 aliphatic carbocycles. The van der Waals surface area contributed by atoms with E-state index in [9.17, 15) is 13.2 Å². The summed E-state index contributed by atoms with van der Waals surface area (Å²) >= 11 is 12.1. The normalized spacial score (nSPS) is 11.5. The Bertz CT molecular complexity index is 1220. The van der Waals surface area contributed by atoms with Crippen molar-refractivity contribution in [2.24, 2.45) is 5.10 Å². The second kappa shape index (κ2) is 10.2. The summed E-state index contributed by atoms with van der Waals surface area (Å²) in [6.45, 7) is 2.16. The van der Waals surface area contributed by atoms with E-state index in [1.807, 2.05) is 31.2 Å². The third-order valence-electron chi connectivity index (χ3n) is 4.62. The van der Waals surface area contributed by atoms with E-state index in [0.29, 0.717) is 26.9 Å². The minimum atomic E-state index is -3.53. The lowest BCUT2D eigenvalue weighted by Gasteiger charge is -2.22. The summed E-state index contributed by atoms with van der Waals surface area (Å²) in [4.78, 5) is 12.4. The molecule has 0 aliphatic heterocycles. The molecule has 0 aromatic heterocycles. The molecule has 0 saturated heterocycles. The largest absolute Gasteiger partial charge is 0.271 e. The van der Waals surface area contributed by atoms with Gasteiger partial charge in [-0.1, -0.05) is 59.1 Å². The number of hydrogen-bond donors (Lipinski definition) is 1. The molecule has 6 nitrogen and oxygen atoms in total. The van der Waals surface area contributed by atoms with Crippen LogP contribution < -0.4 is 9.73 Å². The maximum atomic E-state index is 12.4. The van der Waals surface area contributed by atoms with Crippen molar-refractivity contribution < 1.29 is 13.2 Å². The summed E-state index contributed by atoms with van der Waals surface area (Å²) in [5, 5.41) is 4.72. The summed E-state index contributed by atoms with van der Waals surface area (Å²) in [5.74, 6) is -0.458. The molecule has 0 spiro atoms. The minimum Gasteiger partial charge on any atom is -0.267 e. The molecule has 3 aromatic carbocycles. The highest BCUT2D eigenvalue weighted by Gasteiger charge is 2.18. The van der Waals surface area contributed by atoms with Gasteiger partial charge in [0.1, 0.15) is 0 Å². The van der Waals surface area contributed by atoms with Gasteiger partial charge in [-0.2, -0.15) is 5.10 Å². The molecule has 0 bridgehead atoms. The maximum Gasteiger partial charge on any atom is 0.271 e. The van der Waals surface area contributed by atoms with Gasteiger partial charge < -0.3 is 0 Å². The fraction of sp³-hybridized carbons (Fsp3) is 0.130. The van der Waals surface area contributed by atoms with Crippen LogP contribution in [-0.2, 0) is 16.6 Å². The van der Waals surface area contributed by atoms with E-state index in [-0.39, 0.29) is 6.54 Å². The number of nitrogens with zero attached hydrogens (tertiary/aromatic N) is 2. The van der Waals surface area contributed by atoms with E-state index in [1.165, 1.54) is 22.7 Å². The molecule has 0 saturated carbocycles. The van der Waals surface area contributed by atoms with Gasteiger partial charge in [-0.15, -0.1) is 0 Å². The molecule has 166 valence electrons. The molecule has 3 aromatic rings. The topological polar surface area (TPSA) is 78.8 Å². The van der Waals surface area contributed by atoms with Crippen LogP contribution >= 0.6 is 23.2 Å². The van der Waals surface area contributed by atoms with Gasteiger partial charge in [-0.25, -0.2) is 13.8 Å². The van der Waals surface area contributed by atoms with Crippen LogP contribution in [0.25, 0.3) is 0 Å². The van der Waals surface area contributed by atoms with E-state index in [0.717, 1.165) is 17.4 Å². The second-order valence-electron chi connectivity index (χ2n) is 7.14. The van der Waals surface area contributed by atoms with Gasteiger partial charge in [0.2, 0.25) is 10.0 Å². The Morgan fingerprint density at radius 1 is 1.00 bits per heavy atom. The SMILES string of the molecule is Cc1ccc(CN(c2ccc(C(=O)N/N=C\c3c(Cl)cccc3Cl)cc2)S(C)(=O)=O)cc1. The van der Waals surface area contributed by atoms with Crippen molar-refractivity contribution in [3.63, 3.8) is 0 Å². The Labute approximate surface area is 197 Å². The Morgan fingerprint density at radius 2 is 1.59 bits per heavy atom. The van der Waals surface area contributed by atoms with Crippen molar-refractivity contribution in [3.05, 3.63) is 99.0 Å². The standard InChI is InChI=1S/C23H21Cl2N3O3S/c1-16-6-8-17(9-7-16)15-28(32(2,30)31)19-12-10-18(11-13-19)23(29)27-26-14-20-21(24)4-3-5-22(20)25/h3-14H,15H2,1-2H3,(H,27,29)/b26-14-. The van der Waals surface area contributed by atoms with Gasteiger partial charge >= 0.3 is 0 Å². The van der Waals surface area contributed by atoms with Crippen LogP contribution in [0.4, 0.5) is 5.69 Å². The Hall–Kier alpha value is -2.87. The van der Waals surface area contributed by atoms with E-state index < -0.39 is 15.9 Å². The summed E-state index contributed by atoms with van der Waals surface area (Å²) in [6.07, 6.45) is 2.51. The Balaban J connectivity index is 1.73. The van der Waals surface area contributed by atoms with Crippen molar-refractivity contribution in [2.45, 2.75) is 13.5 Å². The fourth-order valence-electron chi connectivity index (χ4n) is 2.89. The van der Waals surface area contributed by atoms with E-state index in [4.69, 9.17) is 23.2 Å². The first-order valence-electron chi connectivity index (χ1n) is 9.56. The highest BCUT2D eigenvalue weighted by Crippen LogP contribution is 2.23. The number of rotatable bonds is 7. The molecule has 3 rings (SSSR count). The number of halogens is 2. The van der Waals surface area contributed by atoms with Crippen molar-refractivity contribution in [1.29, 1.82) is 0 Å². The molecule has 9 heteroatoms. The molecule has 0 unspecified atom stereocenters. The second-order valence-corrected chi connectivity index (χ2v) is 9.86. The number of hydrogen-bond acceptors (Lipinski definition) is 4. The van der Waals surface area contributed by atoms with Crippen LogP contribution in [0.2, 0.25) is 10.0 Å². The van der Waals surface area contributed by atoms with Gasteiger partial charge in [-0.3, -0.25) is 9.10 Å². The quantitative estimate of drug-likeness (QED) is 0.373. The summed E-state index contributed by atoms with van der Waals surface area (Å²) in [5.41, 5.74) is 5.62. The number of hydrazone groups is 1. The monoisotopic (exact) mass is 489 g/mol. The van der Waals surface area contributed by atoms with Crippen molar-refractivity contribution in [1.82, 2.24) is 5.43 Å². The zero-order valence-corrected chi connectivity index (χ0v) is 19.7. The Kier molecular flexibility index (Phi) is 7.56. The molecular formula is C23H21Cl2N3O3S. The average molecular weight is 490 g/mol. The summed E-state index contributed by atoms with van der Waals surface area (Å²) in [6, 6.07) is 18.9. The molecule has 0 atom stereocenters. The molecule has 1 N–H and O–H groups in total. The summed E-state index contributed by atoms with van der Waals surface area (Å²) in [7, 11) is -3.53. The van der Waals surface area contributed by atoms with Gasteiger partial charge in [0, 0.05) is 11.1 Å². The zero-order chi connectivity index (χ0) is 23.3. The first kappa shape index (κ1) is 23.8. The lowest BCUT2D eigenvalue weighted by molar-refractivity contribution is 0.0955. The van der Waals surface area contributed by atoms with Crippen molar-refractivity contribution in [3.8, 4) is 0 Å². The lowest BCUT2D eigenvalue weighted by Crippen LogP contribution is -2.29. The highest BCUT2D eigenvalue weighted by atomic mass is 35.5. The third kappa shape index (κ3) is 6.09. The van der Waals surface area contributed by atoms with Crippen LogP contribution in [-0.4, -0.2) is 26.8 Å². The van der Waals surface area contributed by atoms with Crippen LogP contribution in [0.15, 0.2) is 71.8 Å². The lowest BCUT2D eigenvalue weighted by atomic mass is 10.1. The third-order valence-corrected chi connectivity index (χ3v) is 6.42. The predicted molar refractivity (Wildman–Crippen MR) is 130 cm³/mol. The number of nitrogens with one attached hydrogen (secondary N) is 1. The zero-order valence-electron chi connectivity index (χ0n) is 17.4. The van der Waals surface area contributed by atoms with Crippen LogP contribution in [0.5, 0.6) is 0 Å². The Morgan fingerprint density at radius 3 is 2.16 bits per heavy atom. The minimum absolute atomic E-state index is 0.188. The molecule has 0 fully saturated rings. The van der Waals surface area contributed by atoms with E-state index in [2.05, 4.69) is 10.5 Å². The predicted octanol–water partition coefficient (Wildman–Crippen LogP) is 5.03. The molecule has 0 heterocycles. The van der Waals surface area contributed by atoms with Gasteiger partial charge in [0.25, 0.3) is 5.91 Å². The molecule has 32 heavy (non-hydrogen) atoms. The molecule has 1 amide bonds. The number of carbonyl (C=O) groups is 1. The number of aryl methyl sites for hydroxylation is 1. The van der Waals surface area contributed by atoms with Gasteiger partial charge in [0.05, 0.1) is 34.7 Å². The summed E-state index contributed by atoms with van der Waals surface area (Å²) < 4.78 is 26.0. The maximum absolute atomic E-state index is 12.4. The van der Waals surface area contributed by atoms with Crippen LogP contribution in [0.1, 0.15) is 27.0 Å². The number of carbonyl (C=O) groups excluding carboxylic acids is 1. The number of anilines is 1. The number of benzene rings is 3. The van der Waals surface area contributed by atoms with Crippen molar-refractivity contribution in [2.75, 3.05) is 10.6 Å². The fourth-order valence-corrected chi connectivity index (χ4v) is 4.28. The van der Waals surface area contributed by atoms with Gasteiger partial charge in [-0.05, 0) is 48.9 Å². The number of amides is 1. The van der Waals surface area contributed by atoms with Crippen LogP contribution in [0, 0.1) is 6.92 Å². The van der Waals surface area contributed by atoms with E-state index in [1.54, 1.807) is 30.3 Å². The van der Waals surface area contributed by atoms with Crippen molar-refractivity contribution >= 4 is 51.0 Å². The molecule has 0 aliphatic rings. The smallest absolute Gasteiger partial charge is 0.267 e. The van der Waals surface area contributed by atoms with Crippen LogP contribution in [0.3, 0.4) is 0 Å². The van der Waals surface area contributed by atoms with E-state index >= 15 is 0 Å². The number of sulfonamides is 1. The van der Waals surface area contributed by atoms with Gasteiger partial charge in [0.15, 0.2) is 0 Å². The highest BCUT2D eigenvalue weighted by molar-refractivity contribution is 7.92. The molecule has 0 radical (unpaired) electrons.